The molecule has 17 heavy (non-hydrogen) atoms. The van der Waals surface area contributed by atoms with Crippen molar-refractivity contribution in [3.8, 4) is 0 Å². The van der Waals surface area contributed by atoms with E-state index in [4.69, 9.17) is 5.73 Å². The van der Waals surface area contributed by atoms with Gasteiger partial charge in [-0.1, -0.05) is 6.92 Å². The van der Waals surface area contributed by atoms with Crippen molar-refractivity contribution < 1.29 is 18.0 Å². The zero-order valence-electron chi connectivity index (χ0n) is 9.17. The van der Waals surface area contributed by atoms with Crippen LogP contribution in [0.15, 0.2) is 12.1 Å². The molecule has 0 saturated heterocycles. The summed E-state index contributed by atoms with van der Waals surface area (Å²) >= 11 is 1.29. The fraction of sp³-hybridized carbons (Fsp3) is 0.500. The molecule has 96 valence electrons. The third-order valence-electron chi connectivity index (χ3n) is 2.11. The molecular formula is C10H13F3N2OS. The quantitative estimate of drug-likeness (QED) is 0.856. The van der Waals surface area contributed by atoms with Crippen LogP contribution < -0.4 is 11.1 Å². The Morgan fingerprint density at radius 2 is 2.18 bits per heavy atom. The fourth-order valence-corrected chi connectivity index (χ4v) is 2.34. The third-order valence-corrected chi connectivity index (χ3v) is 3.40. The molecule has 0 aliphatic carbocycles. The Morgan fingerprint density at radius 1 is 1.53 bits per heavy atom. The van der Waals surface area contributed by atoms with Gasteiger partial charge in [-0.25, -0.2) is 0 Å². The summed E-state index contributed by atoms with van der Waals surface area (Å²) in [6.07, 6.45) is -3.59. The molecule has 1 rings (SSSR count). The highest BCUT2D eigenvalue weighted by Gasteiger charge is 2.30. The minimum Gasteiger partial charge on any atom is -0.368 e. The van der Waals surface area contributed by atoms with Crippen molar-refractivity contribution in [2.24, 2.45) is 5.73 Å². The summed E-state index contributed by atoms with van der Waals surface area (Å²) < 4.78 is 36.2. The van der Waals surface area contributed by atoms with Crippen LogP contribution in [0.25, 0.3) is 0 Å². The van der Waals surface area contributed by atoms with E-state index in [0.717, 1.165) is 11.3 Å². The summed E-state index contributed by atoms with van der Waals surface area (Å²) in [6.45, 7) is 0.692. The average Bonchev–Trinajstić information content (AvgIpc) is 2.64. The van der Waals surface area contributed by atoms with Crippen LogP contribution in [0.3, 0.4) is 0 Å². The van der Waals surface area contributed by atoms with Crippen molar-refractivity contribution in [3.05, 3.63) is 21.9 Å². The summed E-state index contributed by atoms with van der Waals surface area (Å²) in [5, 5.41) is 2.12. The molecule has 1 aromatic rings. The number of hydrogen-bond donors (Lipinski definition) is 2. The van der Waals surface area contributed by atoms with Crippen molar-refractivity contribution in [2.75, 3.05) is 6.54 Å². The number of aryl methyl sites for hydroxylation is 1. The maximum atomic E-state index is 12.1. The van der Waals surface area contributed by atoms with E-state index in [1.807, 2.05) is 6.92 Å². The first-order valence-corrected chi connectivity index (χ1v) is 5.83. The van der Waals surface area contributed by atoms with Gasteiger partial charge in [0.1, 0.15) is 6.04 Å². The van der Waals surface area contributed by atoms with E-state index in [2.05, 4.69) is 5.32 Å². The zero-order chi connectivity index (χ0) is 13.1. The van der Waals surface area contributed by atoms with E-state index < -0.39 is 24.7 Å². The van der Waals surface area contributed by atoms with Gasteiger partial charge in [0.15, 0.2) is 0 Å². The Balaban J connectivity index is 2.75. The minimum absolute atomic E-state index is 0.513. The molecule has 0 saturated carbocycles. The highest BCUT2D eigenvalue weighted by atomic mass is 32.1. The van der Waals surface area contributed by atoms with Crippen LogP contribution in [0.2, 0.25) is 0 Å². The first kappa shape index (κ1) is 14.0. The molecular weight excluding hydrogens is 253 g/mol. The molecule has 0 aromatic carbocycles. The molecule has 1 aromatic heterocycles. The molecule has 0 aliphatic heterocycles. The van der Waals surface area contributed by atoms with Crippen LogP contribution in [0, 0.1) is 0 Å². The van der Waals surface area contributed by atoms with Gasteiger partial charge in [-0.3, -0.25) is 10.1 Å². The Bertz CT molecular complexity index is 389. The first-order valence-electron chi connectivity index (χ1n) is 5.01. The number of carbonyl (C=O) groups is 1. The minimum atomic E-state index is -4.36. The number of primary amides is 1. The SMILES string of the molecule is CCc1ccc(C(NCC(F)(F)F)C(N)=O)s1. The van der Waals surface area contributed by atoms with Gasteiger partial charge in [0, 0.05) is 9.75 Å². The second-order valence-corrected chi connectivity index (χ2v) is 4.69. The molecule has 3 N–H and O–H groups in total. The molecule has 1 atom stereocenters. The number of thiophene rings is 1. The van der Waals surface area contributed by atoms with Crippen LogP contribution >= 0.6 is 11.3 Å². The first-order chi connectivity index (χ1) is 7.83. The predicted octanol–water partition coefficient (Wildman–Crippen LogP) is 1.99. The van der Waals surface area contributed by atoms with Crippen molar-refractivity contribution >= 4 is 17.2 Å². The summed E-state index contributed by atoms with van der Waals surface area (Å²) in [7, 11) is 0. The van der Waals surface area contributed by atoms with Crippen molar-refractivity contribution in [3.63, 3.8) is 0 Å². The number of alkyl halides is 3. The van der Waals surface area contributed by atoms with Gasteiger partial charge in [-0.15, -0.1) is 11.3 Å². The third kappa shape index (κ3) is 4.35. The van der Waals surface area contributed by atoms with Gasteiger partial charge in [-0.05, 0) is 18.6 Å². The van der Waals surface area contributed by atoms with E-state index in [9.17, 15) is 18.0 Å². The summed E-state index contributed by atoms with van der Waals surface area (Å²) in [4.78, 5) is 12.6. The smallest absolute Gasteiger partial charge is 0.368 e. The van der Waals surface area contributed by atoms with E-state index in [1.165, 1.54) is 11.3 Å². The maximum absolute atomic E-state index is 12.1. The summed E-state index contributed by atoms with van der Waals surface area (Å²) in [5.74, 6) is -0.807. The molecule has 0 fully saturated rings. The Hall–Kier alpha value is -1.08. The number of rotatable bonds is 5. The van der Waals surface area contributed by atoms with Crippen LogP contribution in [0.4, 0.5) is 13.2 Å². The molecule has 3 nitrogen and oxygen atoms in total. The highest BCUT2D eigenvalue weighted by Crippen LogP contribution is 2.24. The molecule has 0 bridgehead atoms. The molecule has 0 radical (unpaired) electrons. The monoisotopic (exact) mass is 266 g/mol. The lowest BCUT2D eigenvalue weighted by Gasteiger charge is -2.15. The number of halogens is 3. The van der Waals surface area contributed by atoms with Crippen molar-refractivity contribution in [2.45, 2.75) is 25.6 Å². The molecule has 0 aliphatic rings. The summed E-state index contributed by atoms with van der Waals surface area (Å²) in [5.41, 5.74) is 5.09. The fourth-order valence-electron chi connectivity index (χ4n) is 1.30. The van der Waals surface area contributed by atoms with E-state index >= 15 is 0 Å². The lowest BCUT2D eigenvalue weighted by molar-refractivity contribution is -0.130. The number of hydrogen-bond acceptors (Lipinski definition) is 3. The highest BCUT2D eigenvalue weighted by molar-refractivity contribution is 7.12. The second-order valence-electron chi connectivity index (χ2n) is 3.49. The standard InChI is InChI=1S/C10H13F3N2OS/c1-2-6-3-4-7(17-6)8(9(14)16)15-5-10(11,12)13/h3-4,8,15H,2,5H2,1H3,(H2,14,16). The molecule has 1 unspecified atom stereocenters. The normalized spacial score (nSPS) is 13.6. The number of nitrogens with two attached hydrogens (primary N) is 1. The average molecular weight is 266 g/mol. The van der Waals surface area contributed by atoms with Gasteiger partial charge >= 0.3 is 6.18 Å². The van der Waals surface area contributed by atoms with Gasteiger partial charge in [-0.2, -0.15) is 13.2 Å². The van der Waals surface area contributed by atoms with Gasteiger partial charge < -0.3 is 5.73 Å². The van der Waals surface area contributed by atoms with Crippen molar-refractivity contribution in [1.29, 1.82) is 0 Å². The Kier molecular flexibility index (Phi) is 4.53. The van der Waals surface area contributed by atoms with Gasteiger partial charge in [0.05, 0.1) is 6.54 Å². The molecule has 7 heteroatoms. The number of amides is 1. The Labute approximate surface area is 101 Å². The van der Waals surface area contributed by atoms with E-state index in [-0.39, 0.29) is 0 Å². The number of nitrogens with one attached hydrogen (secondary N) is 1. The van der Waals surface area contributed by atoms with Crippen LogP contribution in [0.1, 0.15) is 22.7 Å². The molecule has 1 heterocycles. The van der Waals surface area contributed by atoms with Crippen molar-refractivity contribution in [1.82, 2.24) is 5.32 Å². The van der Waals surface area contributed by atoms with Crippen LogP contribution in [-0.2, 0) is 11.2 Å². The zero-order valence-corrected chi connectivity index (χ0v) is 9.99. The largest absolute Gasteiger partial charge is 0.401 e. The van der Waals surface area contributed by atoms with Gasteiger partial charge in [0.25, 0.3) is 0 Å². The van der Waals surface area contributed by atoms with E-state index in [1.54, 1.807) is 12.1 Å². The second kappa shape index (κ2) is 5.50. The van der Waals surface area contributed by atoms with Gasteiger partial charge in [0.2, 0.25) is 5.91 Å². The maximum Gasteiger partial charge on any atom is 0.401 e. The van der Waals surface area contributed by atoms with Crippen LogP contribution in [0.5, 0.6) is 0 Å². The number of carbonyl (C=O) groups excluding carboxylic acids is 1. The Morgan fingerprint density at radius 3 is 2.59 bits per heavy atom. The predicted molar refractivity (Wildman–Crippen MR) is 59.7 cm³/mol. The van der Waals surface area contributed by atoms with E-state index in [0.29, 0.717) is 4.88 Å². The lowest BCUT2D eigenvalue weighted by Crippen LogP contribution is -2.38. The lowest BCUT2D eigenvalue weighted by atomic mass is 10.2. The summed E-state index contributed by atoms with van der Waals surface area (Å²) in [6, 6.07) is 2.33. The van der Waals surface area contributed by atoms with Crippen LogP contribution in [-0.4, -0.2) is 18.6 Å². The molecule has 1 amide bonds. The molecule has 0 spiro atoms. The topological polar surface area (TPSA) is 55.1 Å².